The molecule has 140 valence electrons. The lowest BCUT2D eigenvalue weighted by Gasteiger charge is -2.36. The van der Waals surface area contributed by atoms with Crippen molar-refractivity contribution in [1.29, 1.82) is 0 Å². The van der Waals surface area contributed by atoms with Gasteiger partial charge in [-0.05, 0) is 42.4 Å². The van der Waals surface area contributed by atoms with E-state index in [4.69, 9.17) is 14.6 Å². The lowest BCUT2D eigenvalue weighted by Crippen LogP contribution is -2.39. The van der Waals surface area contributed by atoms with Gasteiger partial charge in [0.05, 0.1) is 24.5 Å². The summed E-state index contributed by atoms with van der Waals surface area (Å²) in [5, 5.41) is 4.75. The van der Waals surface area contributed by atoms with Crippen LogP contribution < -0.4 is 0 Å². The average Bonchev–Trinajstić information content (AvgIpc) is 3.08. The summed E-state index contributed by atoms with van der Waals surface area (Å²) in [6.45, 7) is 5.35. The smallest absolute Gasteiger partial charge is 0.0760 e. The quantitative estimate of drug-likeness (QED) is 0.796. The fourth-order valence-electron chi connectivity index (χ4n) is 4.18. The number of aromatic nitrogens is 3. The monoisotopic (exact) mass is 356 g/mol. The van der Waals surface area contributed by atoms with E-state index < -0.39 is 0 Å². The second-order valence-electron chi connectivity index (χ2n) is 7.35. The van der Waals surface area contributed by atoms with Gasteiger partial charge in [0.2, 0.25) is 0 Å². The molecule has 2 aliphatic rings. The molecule has 0 aliphatic carbocycles. The van der Waals surface area contributed by atoms with Crippen molar-refractivity contribution in [2.45, 2.75) is 38.4 Å². The van der Waals surface area contributed by atoms with Gasteiger partial charge in [-0.1, -0.05) is 6.07 Å². The van der Waals surface area contributed by atoms with Gasteiger partial charge in [0.15, 0.2) is 0 Å². The highest BCUT2D eigenvalue weighted by Gasteiger charge is 2.32. The Morgan fingerprint density at radius 3 is 2.92 bits per heavy atom. The predicted molar refractivity (Wildman–Crippen MR) is 98.7 cm³/mol. The maximum Gasteiger partial charge on any atom is 0.0760 e. The van der Waals surface area contributed by atoms with Crippen molar-refractivity contribution in [3.05, 3.63) is 47.5 Å². The molecular weight excluding hydrogens is 328 g/mol. The summed E-state index contributed by atoms with van der Waals surface area (Å²) in [4.78, 5) is 6.77. The third-order valence-corrected chi connectivity index (χ3v) is 5.59. The molecule has 0 radical (unpaired) electrons. The van der Waals surface area contributed by atoms with Crippen molar-refractivity contribution < 1.29 is 9.47 Å². The summed E-state index contributed by atoms with van der Waals surface area (Å²) < 4.78 is 13.4. The normalized spacial score (nSPS) is 21.7. The summed E-state index contributed by atoms with van der Waals surface area (Å²) in [6.07, 6.45) is 9.15. The number of rotatable bonds is 6. The maximum absolute atomic E-state index is 5.60. The van der Waals surface area contributed by atoms with Crippen LogP contribution in [0.2, 0.25) is 0 Å². The van der Waals surface area contributed by atoms with E-state index in [2.05, 4.69) is 26.8 Å². The van der Waals surface area contributed by atoms with Crippen LogP contribution >= 0.6 is 0 Å². The number of nitrogens with zero attached hydrogens (tertiary/aromatic N) is 4. The second kappa shape index (κ2) is 8.29. The topological polar surface area (TPSA) is 52.4 Å². The minimum Gasteiger partial charge on any atom is -0.383 e. The Balaban J connectivity index is 1.56. The molecule has 4 rings (SSSR count). The molecular formula is C20H28N4O2. The SMILES string of the molecule is COC[C@H]1c2c(cnn2CC2CCOCC2)CCN1Cc1cccnc1. The average molecular weight is 356 g/mol. The largest absolute Gasteiger partial charge is 0.383 e. The molecule has 0 amide bonds. The fourth-order valence-corrected chi connectivity index (χ4v) is 4.18. The molecule has 0 aromatic carbocycles. The van der Waals surface area contributed by atoms with Gasteiger partial charge >= 0.3 is 0 Å². The highest BCUT2D eigenvalue weighted by atomic mass is 16.5. The van der Waals surface area contributed by atoms with Gasteiger partial charge in [0.25, 0.3) is 0 Å². The Kier molecular flexibility index (Phi) is 5.62. The molecule has 1 saturated heterocycles. The van der Waals surface area contributed by atoms with Gasteiger partial charge in [0, 0.05) is 52.4 Å². The Hall–Kier alpha value is -1.76. The van der Waals surface area contributed by atoms with Crippen molar-refractivity contribution in [2.24, 2.45) is 5.92 Å². The van der Waals surface area contributed by atoms with Crippen LogP contribution in [0.4, 0.5) is 0 Å². The molecule has 0 saturated carbocycles. The summed E-state index contributed by atoms with van der Waals surface area (Å²) in [5.41, 5.74) is 3.96. The number of ether oxygens (including phenoxy) is 2. The Labute approximate surface area is 155 Å². The zero-order chi connectivity index (χ0) is 17.8. The third-order valence-electron chi connectivity index (χ3n) is 5.59. The lowest BCUT2D eigenvalue weighted by molar-refractivity contribution is 0.0545. The van der Waals surface area contributed by atoms with E-state index >= 15 is 0 Å². The van der Waals surface area contributed by atoms with Crippen LogP contribution in [0.15, 0.2) is 30.7 Å². The molecule has 6 heteroatoms. The van der Waals surface area contributed by atoms with Gasteiger partial charge in [-0.3, -0.25) is 14.6 Å². The van der Waals surface area contributed by atoms with Gasteiger partial charge in [-0.2, -0.15) is 5.10 Å². The zero-order valence-corrected chi connectivity index (χ0v) is 15.5. The number of hydrogen-bond donors (Lipinski definition) is 0. The van der Waals surface area contributed by atoms with Crippen LogP contribution in [0.3, 0.4) is 0 Å². The lowest BCUT2D eigenvalue weighted by atomic mass is 9.97. The Morgan fingerprint density at radius 2 is 2.15 bits per heavy atom. The number of hydrogen-bond acceptors (Lipinski definition) is 5. The molecule has 0 bridgehead atoms. The molecule has 1 atom stereocenters. The minimum atomic E-state index is 0.242. The fraction of sp³-hybridized carbons (Fsp3) is 0.600. The highest BCUT2D eigenvalue weighted by molar-refractivity contribution is 5.26. The Bertz CT molecular complexity index is 697. The van der Waals surface area contributed by atoms with E-state index in [0.717, 1.165) is 52.1 Å². The maximum atomic E-state index is 5.60. The first-order valence-electron chi connectivity index (χ1n) is 9.59. The second-order valence-corrected chi connectivity index (χ2v) is 7.35. The zero-order valence-electron chi connectivity index (χ0n) is 15.5. The van der Waals surface area contributed by atoms with Gasteiger partial charge < -0.3 is 9.47 Å². The molecule has 6 nitrogen and oxygen atoms in total. The minimum absolute atomic E-state index is 0.242. The highest BCUT2D eigenvalue weighted by Crippen LogP contribution is 2.32. The van der Waals surface area contributed by atoms with Crippen molar-refractivity contribution in [3.8, 4) is 0 Å². The van der Waals surface area contributed by atoms with Crippen LogP contribution in [0.5, 0.6) is 0 Å². The van der Waals surface area contributed by atoms with Crippen LogP contribution in [-0.4, -0.2) is 53.1 Å². The summed E-state index contributed by atoms with van der Waals surface area (Å²) >= 11 is 0. The molecule has 0 spiro atoms. The van der Waals surface area contributed by atoms with Gasteiger partial charge in [-0.25, -0.2) is 0 Å². The van der Waals surface area contributed by atoms with Crippen molar-refractivity contribution in [2.75, 3.05) is 33.5 Å². The first-order chi connectivity index (χ1) is 12.8. The molecule has 2 aromatic rings. The van der Waals surface area contributed by atoms with E-state index in [-0.39, 0.29) is 6.04 Å². The van der Waals surface area contributed by atoms with E-state index in [1.807, 2.05) is 18.5 Å². The molecule has 0 unspecified atom stereocenters. The summed E-state index contributed by atoms with van der Waals surface area (Å²) in [6, 6.07) is 4.39. The molecule has 2 aromatic heterocycles. The molecule has 0 N–H and O–H groups in total. The summed E-state index contributed by atoms with van der Waals surface area (Å²) in [5.74, 6) is 0.657. The van der Waals surface area contributed by atoms with Crippen molar-refractivity contribution in [1.82, 2.24) is 19.7 Å². The number of fused-ring (bicyclic) bond motifs is 1. The molecule has 2 aliphatic heterocycles. The van der Waals surface area contributed by atoms with Crippen LogP contribution in [0.1, 0.15) is 35.7 Å². The first kappa shape index (κ1) is 17.6. The molecule has 26 heavy (non-hydrogen) atoms. The first-order valence-corrected chi connectivity index (χ1v) is 9.59. The van der Waals surface area contributed by atoms with E-state index in [9.17, 15) is 0 Å². The van der Waals surface area contributed by atoms with Gasteiger partial charge in [-0.15, -0.1) is 0 Å². The van der Waals surface area contributed by atoms with E-state index in [1.165, 1.54) is 16.8 Å². The van der Waals surface area contributed by atoms with Crippen molar-refractivity contribution >= 4 is 0 Å². The Morgan fingerprint density at radius 1 is 1.27 bits per heavy atom. The molecule has 4 heterocycles. The van der Waals surface area contributed by atoms with Crippen LogP contribution in [0, 0.1) is 5.92 Å². The van der Waals surface area contributed by atoms with E-state index in [0.29, 0.717) is 12.5 Å². The third kappa shape index (κ3) is 3.82. The molecule has 1 fully saturated rings. The van der Waals surface area contributed by atoms with Crippen molar-refractivity contribution in [3.63, 3.8) is 0 Å². The number of pyridine rings is 1. The predicted octanol–water partition coefficient (Wildman–Crippen LogP) is 2.45. The van der Waals surface area contributed by atoms with E-state index in [1.54, 1.807) is 7.11 Å². The standard InChI is InChI=1S/C20H28N4O2/c1-25-15-19-20-18(4-8-23(19)13-17-3-2-7-21-11-17)12-22-24(20)14-16-5-9-26-10-6-16/h2-3,7,11-12,16,19H,4-6,8-10,13-15H2,1H3/t19-/m0/s1. The number of methoxy groups -OCH3 is 1. The van der Waals surface area contributed by atoms with Crippen LogP contribution in [-0.2, 0) is 29.0 Å². The van der Waals surface area contributed by atoms with Crippen LogP contribution in [0.25, 0.3) is 0 Å². The summed E-state index contributed by atoms with van der Waals surface area (Å²) in [7, 11) is 1.79. The van der Waals surface area contributed by atoms with Gasteiger partial charge in [0.1, 0.15) is 0 Å².